The molecule has 0 rings (SSSR count). The maximum atomic E-state index is 13.4. The van der Waals surface area contributed by atoms with Crippen LogP contribution in [0.25, 0.3) is 0 Å². The van der Waals surface area contributed by atoms with Crippen molar-refractivity contribution in [1.82, 2.24) is 5.32 Å². The second-order valence-corrected chi connectivity index (χ2v) is 4.17. The summed E-state index contributed by atoms with van der Waals surface area (Å²) in [5.74, 6) is -6.55. The van der Waals surface area contributed by atoms with Crippen LogP contribution in [0.2, 0.25) is 0 Å². The van der Waals surface area contributed by atoms with Gasteiger partial charge >= 0.3 is 12.1 Å². The van der Waals surface area contributed by atoms with Gasteiger partial charge in [0, 0.05) is 6.04 Å². The number of nitrogens with two attached hydrogens (primary N) is 1. The van der Waals surface area contributed by atoms with E-state index < -0.39 is 36.7 Å². The van der Waals surface area contributed by atoms with Crippen LogP contribution < -0.4 is 11.1 Å². The molecule has 0 unspecified atom stereocenters. The smallest absolute Gasteiger partial charge is 0.385 e. The lowest BCUT2D eigenvalue weighted by Crippen LogP contribution is -2.56. The Kier molecular flexibility index (Phi) is 6.64. The fourth-order valence-electron chi connectivity index (χ4n) is 1.30. The van der Waals surface area contributed by atoms with Gasteiger partial charge in [0.2, 0.25) is 0 Å². The molecule has 0 aliphatic carbocycles. The molecule has 4 nitrogen and oxygen atoms in total. The Hall–Kier alpha value is -0.960. The number of amides is 1. The minimum Gasteiger partial charge on any atom is -0.385 e. The van der Waals surface area contributed by atoms with E-state index in [0.717, 1.165) is 5.32 Å². The molecule has 4 N–H and O–H groups in total. The van der Waals surface area contributed by atoms with Crippen LogP contribution in [0.15, 0.2) is 0 Å². The summed E-state index contributed by atoms with van der Waals surface area (Å²) < 4.78 is 62.1. The van der Waals surface area contributed by atoms with Gasteiger partial charge in [-0.2, -0.15) is 22.0 Å². The largest absolute Gasteiger partial charge is 0.405 e. The first-order chi connectivity index (χ1) is 8.52. The molecule has 2 atom stereocenters. The third-order valence-electron chi connectivity index (χ3n) is 2.42. The van der Waals surface area contributed by atoms with Crippen LogP contribution >= 0.6 is 0 Å². The first-order valence-electron chi connectivity index (χ1n) is 5.69. The molecule has 0 saturated heterocycles. The van der Waals surface area contributed by atoms with E-state index in [0.29, 0.717) is 12.8 Å². The van der Waals surface area contributed by atoms with E-state index in [9.17, 15) is 31.9 Å². The third-order valence-corrected chi connectivity index (χ3v) is 2.42. The third kappa shape index (κ3) is 6.15. The highest BCUT2D eigenvalue weighted by molar-refractivity contribution is 5.84. The Balaban J connectivity index is 4.53. The van der Waals surface area contributed by atoms with Crippen molar-refractivity contribution in [1.29, 1.82) is 0 Å². The van der Waals surface area contributed by atoms with Crippen molar-refractivity contribution in [3.05, 3.63) is 0 Å². The Bertz CT molecular complexity index is 296. The van der Waals surface area contributed by atoms with E-state index >= 15 is 0 Å². The average molecular weight is 292 g/mol. The zero-order chi connectivity index (χ0) is 15.3. The molecule has 0 aromatic rings. The van der Waals surface area contributed by atoms with Gasteiger partial charge < -0.3 is 16.2 Å². The molecule has 0 aliphatic heterocycles. The number of rotatable bonds is 7. The van der Waals surface area contributed by atoms with Crippen molar-refractivity contribution in [2.24, 2.45) is 5.73 Å². The van der Waals surface area contributed by atoms with Crippen molar-refractivity contribution in [3.63, 3.8) is 0 Å². The van der Waals surface area contributed by atoms with Gasteiger partial charge in [0.1, 0.15) is 12.6 Å². The Morgan fingerprint density at radius 1 is 1.32 bits per heavy atom. The summed E-state index contributed by atoms with van der Waals surface area (Å²) in [5, 5.41) is 10.3. The first kappa shape index (κ1) is 18.0. The number of unbranched alkanes of at least 4 members (excludes halogenated alkanes) is 1. The number of hydrogen-bond acceptors (Lipinski definition) is 3. The second-order valence-electron chi connectivity index (χ2n) is 4.17. The molecular formula is C10H17F5N2O2. The van der Waals surface area contributed by atoms with Crippen LogP contribution in [0.5, 0.6) is 0 Å². The van der Waals surface area contributed by atoms with Gasteiger partial charge in [-0.1, -0.05) is 19.8 Å². The van der Waals surface area contributed by atoms with Gasteiger partial charge in [-0.25, -0.2) is 0 Å². The number of carbonyl (C=O) groups excluding carboxylic acids is 1. The van der Waals surface area contributed by atoms with Crippen molar-refractivity contribution in [3.8, 4) is 0 Å². The average Bonchev–Trinajstić information content (AvgIpc) is 2.30. The van der Waals surface area contributed by atoms with Crippen LogP contribution in [0, 0.1) is 0 Å². The zero-order valence-corrected chi connectivity index (χ0v) is 10.3. The molecule has 0 aliphatic rings. The summed E-state index contributed by atoms with van der Waals surface area (Å²) in [6.07, 6.45) is -6.18. The van der Waals surface area contributed by atoms with E-state index in [4.69, 9.17) is 5.73 Å². The van der Waals surface area contributed by atoms with Crippen molar-refractivity contribution in [2.75, 3.05) is 6.54 Å². The highest BCUT2D eigenvalue weighted by Crippen LogP contribution is 2.23. The van der Waals surface area contributed by atoms with Gasteiger partial charge in [0.05, 0.1) is 0 Å². The minimum absolute atomic E-state index is 0.0415. The molecule has 0 radical (unpaired) electrons. The van der Waals surface area contributed by atoms with E-state index in [-0.39, 0.29) is 6.42 Å². The molecule has 114 valence electrons. The number of aliphatic hydroxyl groups is 1. The van der Waals surface area contributed by atoms with E-state index in [1.54, 1.807) is 6.92 Å². The minimum atomic E-state index is -4.80. The summed E-state index contributed by atoms with van der Waals surface area (Å²) in [6, 6.07) is -1.38. The fourth-order valence-corrected chi connectivity index (χ4v) is 1.30. The molecule has 0 heterocycles. The molecule has 0 aromatic carbocycles. The number of nitrogens with one attached hydrogen (secondary N) is 1. The summed E-state index contributed by atoms with van der Waals surface area (Å²) in [6.45, 7) is -0.119. The van der Waals surface area contributed by atoms with Gasteiger partial charge in [-0.3, -0.25) is 4.79 Å². The number of carbonyl (C=O) groups is 1. The Morgan fingerprint density at radius 2 is 1.84 bits per heavy atom. The van der Waals surface area contributed by atoms with Crippen molar-refractivity contribution in [2.45, 2.75) is 50.4 Å². The van der Waals surface area contributed by atoms with E-state index in [1.165, 1.54) is 0 Å². The standard InChI is InChI=1S/C10H17F5N2O2/c1-2-3-4-6(16)7(18)10(14,15)8(19)17-5-9(11,12)13/h6-7,18H,2-5,16H2,1H3,(H,17,19)/t6-,7+/m0/s1. The summed E-state index contributed by atoms with van der Waals surface area (Å²) in [7, 11) is 0. The molecule has 0 spiro atoms. The number of halogens is 5. The maximum absolute atomic E-state index is 13.4. The Labute approximate surface area is 107 Å². The number of hydrogen-bond donors (Lipinski definition) is 3. The molecule has 0 saturated carbocycles. The van der Waals surface area contributed by atoms with Crippen molar-refractivity contribution < 1.29 is 31.9 Å². The lowest BCUT2D eigenvalue weighted by Gasteiger charge is -2.26. The predicted octanol–water partition coefficient (Wildman–Crippen LogP) is 1.18. The zero-order valence-electron chi connectivity index (χ0n) is 10.3. The van der Waals surface area contributed by atoms with Crippen molar-refractivity contribution >= 4 is 5.91 Å². The monoisotopic (exact) mass is 292 g/mol. The van der Waals surface area contributed by atoms with Gasteiger partial charge in [-0.15, -0.1) is 0 Å². The fraction of sp³-hybridized carbons (Fsp3) is 0.900. The number of alkyl halides is 5. The molecule has 0 fully saturated rings. The lowest BCUT2D eigenvalue weighted by molar-refractivity contribution is -0.172. The van der Waals surface area contributed by atoms with E-state index in [2.05, 4.69) is 0 Å². The highest BCUT2D eigenvalue weighted by Gasteiger charge is 2.49. The van der Waals surface area contributed by atoms with Gasteiger partial charge in [0.15, 0.2) is 0 Å². The topological polar surface area (TPSA) is 75.3 Å². The first-order valence-corrected chi connectivity index (χ1v) is 5.69. The SMILES string of the molecule is CCCC[C@H](N)[C@@H](O)C(F)(F)C(=O)NCC(F)(F)F. The van der Waals surface area contributed by atoms with Crippen LogP contribution in [0.1, 0.15) is 26.2 Å². The van der Waals surface area contributed by atoms with Gasteiger partial charge in [-0.05, 0) is 6.42 Å². The molecule has 19 heavy (non-hydrogen) atoms. The van der Waals surface area contributed by atoms with Crippen LogP contribution in [0.3, 0.4) is 0 Å². The van der Waals surface area contributed by atoms with E-state index in [1.807, 2.05) is 0 Å². The molecular weight excluding hydrogens is 275 g/mol. The maximum Gasteiger partial charge on any atom is 0.405 e. The van der Waals surface area contributed by atoms with Gasteiger partial charge in [0.25, 0.3) is 5.91 Å². The second kappa shape index (κ2) is 6.99. The predicted molar refractivity (Wildman–Crippen MR) is 57.5 cm³/mol. The number of aliphatic hydroxyl groups excluding tert-OH is 1. The molecule has 1 amide bonds. The molecule has 0 aromatic heterocycles. The highest BCUT2D eigenvalue weighted by atomic mass is 19.4. The summed E-state index contributed by atoms with van der Waals surface area (Å²) >= 11 is 0. The summed E-state index contributed by atoms with van der Waals surface area (Å²) in [4.78, 5) is 11.0. The quantitative estimate of drug-likeness (QED) is 0.617. The lowest BCUT2D eigenvalue weighted by atomic mass is 9.99. The van der Waals surface area contributed by atoms with Crippen LogP contribution in [-0.4, -0.2) is 41.8 Å². The molecule has 9 heteroatoms. The Morgan fingerprint density at radius 3 is 2.26 bits per heavy atom. The van der Waals surface area contributed by atoms with Crippen LogP contribution in [0.4, 0.5) is 22.0 Å². The normalized spacial score (nSPS) is 16.0. The molecule has 0 bridgehead atoms. The van der Waals surface area contributed by atoms with Crippen LogP contribution in [-0.2, 0) is 4.79 Å². The summed E-state index contributed by atoms with van der Waals surface area (Å²) in [5.41, 5.74) is 5.28.